The van der Waals surface area contributed by atoms with Crippen molar-refractivity contribution >= 4 is 5.97 Å². The van der Waals surface area contributed by atoms with Crippen LogP contribution in [0.5, 0.6) is 5.75 Å². The van der Waals surface area contributed by atoms with Crippen LogP contribution in [0.15, 0.2) is 30.9 Å². The maximum Gasteiger partial charge on any atom is 0.308 e. The van der Waals surface area contributed by atoms with Crippen LogP contribution in [0.2, 0.25) is 0 Å². The monoisotopic (exact) mass is 190 g/mol. The van der Waals surface area contributed by atoms with E-state index in [0.717, 1.165) is 17.5 Å². The van der Waals surface area contributed by atoms with Crippen LogP contribution in [-0.4, -0.2) is 5.97 Å². The van der Waals surface area contributed by atoms with Crippen LogP contribution in [0.3, 0.4) is 0 Å². The first kappa shape index (κ1) is 10.5. The Balaban J connectivity index is 3.00. The van der Waals surface area contributed by atoms with Gasteiger partial charge in [0.1, 0.15) is 5.75 Å². The van der Waals surface area contributed by atoms with Gasteiger partial charge in [-0.3, -0.25) is 4.79 Å². The fraction of sp³-hybridized carbons (Fsp3) is 0.250. The third kappa shape index (κ3) is 2.46. The Kier molecular flexibility index (Phi) is 3.46. The van der Waals surface area contributed by atoms with Gasteiger partial charge in [0.05, 0.1) is 0 Å². The highest BCUT2D eigenvalue weighted by Crippen LogP contribution is 2.21. The molecule has 0 aromatic heterocycles. The molecule has 0 amide bonds. The van der Waals surface area contributed by atoms with Crippen molar-refractivity contribution in [3.63, 3.8) is 0 Å². The molecular weight excluding hydrogens is 176 g/mol. The van der Waals surface area contributed by atoms with E-state index in [1.807, 2.05) is 25.1 Å². The second-order valence-corrected chi connectivity index (χ2v) is 3.13. The van der Waals surface area contributed by atoms with Gasteiger partial charge in [-0.1, -0.05) is 18.2 Å². The first-order chi connectivity index (χ1) is 6.65. The highest BCUT2D eigenvalue weighted by atomic mass is 16.5. The molecule has 1 rings (SSSR count). The standard InChI is InChI=1S/C12H14O2/c1-4-6-11-7-5-8-12(9(11)2)14-10(3)13/h4-5,7-8H,1,6H2,2-3H3. The van der Waals surface area contributed by atoms with E-state index in [1.165, 1.54) is 6.92 Å². The molecule has 0 fully saturated rings. The summed E-state index contributed by atoms with van der Waals surface area (Å²) in [6, 6.07) is 5.68. The molecule has 1 aromatic rings. The van der Waals surface area contributed by atoms with Gasteiger partial charge in [-0.15, -0.1) is 6.58 Å². The summed E-state index contributed by atoms with van der Waals surface area (Å²) in [5.74, 6) is 0.348. The molecule has 0 radical (unpaired) electrons. The molecule has 2 heteroatoms. The van der Waals surface area contributed by atoms with E-state index in [-0.39, 0.29) is 5.97 Å². The number of esters is 1. The zero-order chi connectivity index (χ0) is 10.6. The summed E-state index contributed by atoms with van der Waals surface area (Å²) in [6.45, 7) is 7.02. The minimum atomic E-state index is -0.288. The molecular formula is C12H14O2. The van der Waals surface area contributed by atoms with Crippen LogP contribution >= 0.6 is 0 Å². The number of hydrogen-bond donors (Lipinski definition) is 0. The lowest BCUT2D eigenvalue weighted by Gasteiger charge is -2.08. The smallest absolute Gasteiger partial charge is 0.308 e. The number of ether oxygens (including phenoxy) is 1. The van der Waals surface area contributed by atoms with E-state index < -0.39 is 0 Å². The highest BCUT2D eigenvalue weighted by Gasteiger charge is 2.05. The van der Waals surface area contributed by atoms with Crippen molar-refractivity contribution in [3.05, 3.63) is 42.0 Å². The van der Waals surface area contributed by atoms with Crippen LogP contribution in [0.25, 0.3) is 0 Å². The molecule has 14 heavy (non-hydrogen) atoms. The van der Waals surface area contributed by atoms with Crippen LogP contribution < -0.4 is 4.74 Å². The molecule has 0 aliphatic rings. The van der Waals surface area contributed by atoms with Crippen molar-refractivity contribution in [2.24, 2.45) is 0 Å². The molecule has 0 aliphatic heterocycles. The van der Waals surface area contributed by atoms with Crippen molar-refractivity contribution in [2.45, 2.75) is 20.3 Å². The lowest BCUT2D eigenvalue weighted by atomic mass is 10.1. The van der Waals surface area contributed by atoms with Crippen LogP contribution in [0.1, 0.15) is 18.1 Å². The fourth-order valence-electron chi connectivity index (χ4n) is 1.30. The van der Waals surface area contributed by atoms with E-state index in [9.17, 15) is 4.79 Å². The maximum atomic E-state index is 10.8. The van der Waals surface area contributed by atoms with Gasteiger partial charge in [-0.2, -0.15) is 0 Å². The van der Waals surface area contributed by atoms with Gasteiger partial charge in [-0.25, -0.2) is 0 Å². The normalized spacial score (nSPS) is 9.57. The zero-order valence-electron chi connectivity index (χ0n) is 8.54. The number of hydrogen-bond acceptors (Lipinski definition) is 2. The van der Waals surface area contributed by atoms with Gasteiger partial charge in [0.2, 0.25) is 0 Å². The largest absolute Gasteiger partial charge is 0.426 e. The van der Waals surface area contributed by atoms with Crippen molar-refractivity contribution in [1.82, 2.24) is 0 Å². The third-order valence-electron chi connectivity index (χ3n) is 2.01. The van der Waals surface area contributed by atoms with E-state index in [0.29, 0.717) is 5.75 Å². The Morgan fingerprint density at radius 3 is 2.86 bits per heavy atom. The number of benzene rings is 1. The van der Waals surface area contributed by atoms with E-state index in [1.54, 1.807) is 6.07 Å². The topological polar surface area (TPSA) is 26.3 Å². The van der Waals surface area contributed by atoms with E-state index in [4.69, 9.17) is 4.74 Å². The van der Waals surface area contributed by atoms with E-state index >= 15 is 0 Å². The molecule has 2 nitrogen and oxygen atoms in total. The molecule has 0 saturated heterocycles. The summed E-state index contributed by atoms with van der Waals surface area (Å²) in [4.78, 5) is 10.8. The predicted octanol–water partition coefficient (Wildman–Crippen LogP) is 2.65. The molecule has 0 spiro atoms. The average Bonchev–Trinajstić information content (AvgIpc) is 2.11. The van der Waals surface area contributed by atoms with Gasteiger partial charge >= 0.3 is 5.97 Å². The lowest BCUT2D eigenvalue weighted by molar-refractivity contribution is -0.131. The molecule has 0 atom stereocenters. The second-order valence-electron chi connectivity index (χ2n) is 3.13. The quantitative estimate of drug-likeness (QED) is 0.416. The summed E-state index contributed by atoms with van der Waals surface area (Å²) in [5.41, 5.74) is 2.14. The van der Waals surface area contributed by atoms with Gasteiger partial charge in [0, 0.05) is 6.92 Å². The lowest BCUT2D eigenvalue weighted by Crippen LogP contribution is -2.03. The predicted molar refractivity (Wildman–Crippen MR) is 56.4 cm³/mol. The summed E-state index contributed by atoms with van der Waals surface area (Å²) in [6.07, 6.45) is 2.63. The molecule has 1 aromatic carbocycles. The summed E-state index contributed by atoms with van der Waals surface area (Å²) in [7, 11) is 0. The summed E-state index contributed by atoms with van der Waals surface area (Å²) in [5, 5.41) is 0. The molecule has 0 heterocycles. The maximum absolute atomic E-state index is 10.8. The minimum absolute atomic E-state index is 0.288. The third-order valence-corrected chi connectivity index (χ3v) is 2.01. The molecule has 0 saturated carbocycles. The highest BCUT2D eigenvalue weighted by molar-refractivity contribution is 5.70. The van der Waals surface area contributed by atoms with Gasteiger partial charge in [0.25, 0.3) is 0 Å². The number of carbonyl (C=O) groups is 1. The zero-order valence-corrected chi connectivity index (χ0v) is 8.54. The second kappa shape index (κ2) is 4.61. The molecule has 74 valence electrons. The van der Waals surface area contributed by atoms with Crippen molar-refractivity contribution < 1.29 is 9.53 Å². The van der Waals surface area contributed by atoms with Gasteiger partial charge in [-0.05, 0) is 30.5 Å². The molecule has 0 unspecified atom stereocenters. The summed E-state index contributed by atoms with van der Waals surface area (Å²) < 4.78 is 5.06. The van der Waals surface area contributed by atoms with Crippen molar-refractivity contribution in [1.29, 1.82) is 0 Å². The Morgan fingerprint density at radius 2 is 2.29 bits per heavy atom. The number of carbonyl (C=O) groups excluding carboxylic acids is 1. The molecule has 0 bridgehead atoms. The SMILES string of the molecule is C=CCc1cccc(OC(C)=O)c1C. The first-order valence-corrected chi connectivity index (χ1v) is 4.53. The summed E-state index contributed by atoms with van der Waals surface area (Å²) >= 11 is 0. The van der Waals surface area contributed by atoms with Crippen LogP contribution in [0, 0.1) is 6.92 Å². The number of rotatable bonds is 3. The minimum Gasteiger partial charge on any atom is -0.426 e. The van der Waals surface area contributed by atoms with Crippen molar-refractivity contribution in [2.75, 3.05) is 0 Å². The fourth-order valence-corrected chi connectivity index (χ4v) is 1.30. The van der Waals surface area contributed by atoms with Gasteiger partial charge in [0.15, 0.2) is 0 Å². The average molecular weight is 190 g/mol. The Hall–Kier alpha value is -1.57. The number of allylic oxidation sites excluding steroid dienone is 1. The molecule has 0 N–H and O–H groups in total. The van der Waals surface area contributed by atoms with E-state index in [2.05, 4.69) is 6.58 Å². The first-order valence-electron chi connectivity index (χ1n) is 4.53. The van der Waals surface area contributed by atoms with Crippen molar-refractivity contribution in [3.8, 4) is 5.75 Å². The van der Waals surface area contributed by atoms with Crippen LogP contribution in [-0.2, 0) is 11.2 Å². The Labute approximate surface area is 84.2 Å². The molecule has 0 aliphatic carbocycles. The van der Waals surface area contributed by atoms with Crippen LogP contribution in [0.4, 0.5) is 0 Å². The Bertz CT molecular complexity index is 353. The Morgan fingerprint density at radius 1 is 1.57 bits per heavy atom. The van der Waals surface area contributed by atoms with Gasteiger partial charge < -0.3 is 4.74 Å².